The number of hydrogen-bond acceptors (Lipinski definition) is 2. The molecule has 0 radical (unpaired) electrons. The molecule has 0 saturated carbocycles. The minimum atomic E-state index is -1.42. The summed E-state index contributed by atoms with van der Waals surface area (Å²) in [5.41, 5.74) is 0. The summed E-state index contributed by atoms with van der Waals surface area (Å²) in [7, 11) is -1.42. The number of allylic oxidation sites excluding steroid dienone is 3. The Labute approximate surface area is 186 Å². The molecule has 1 aliphatic carbocycles. The fraction of sp³-hybridized carbons (Fsp3) is 0.300. The first kappa shape index (κ1) is 27.8. The standard InChI is InChI=1S/C9H15O2Si.C9H7.C2H4.2ClH.Zr/c1-12(2,3)11-8-10-9-6-4-5-7-9;1-2-5-9-7-3-6-8(9)4-1;1-2;;;/h4,6H,5,8H2,1-3H3;1-7H;1H,2H3;2*1H;/q2*-1;;;;+2/p-2. The molecule has 0 atom stereocenters. The molecule has 0 spiro atoms. The van der Waals surface area contributed by atoms with Crippen molar-refractivity contribution in [2.45, 2.75) is 33.0 Å². The Morgan fingerprint density at radius 3 is 2.38 bits per heavy atom. The van der Waals surface area contributed by atoms with E-state index in [1.165, 1.54) is 35.0 Å². The maximum Gasteiger partial charge on any atom is 0.188 e. The second-order valence-corrected chi connectivity index (χ2v) is 12.0. The first-order chi connectivity index (χ1) is 11.5. The summed E-state index contributed by atoms with van der Waals surface area (Å²) in [5, 5.41) is 2.66. The van der Waals surface area contributed by atoms with E-state index in [1.807, 2.05) is 19.1 Å². The molecule has 2 nitrogen and oxygen atoms in total. The van der Waals surface area contributed by atoms with Crippen molar-refractivity contribution in [1.82, 2.24) is 0 Å². The van der Waals surface area contributed by atoms with Gasteiger partial charge in [0.25, 0.3) is 0 Å². The van der Waals surface area contributed by atoms with Crippen LogP contribution >= 0.6 is 0 Å². The first-order valence-corrected chi connectivity index (χ1v) is 12.9. The minimum absolute atomic E-state index is 0. The van der Waals surface area contributed by atoms with Crippen molar-refractivity contribution in [2.24, 2.45) is 0 Å². The zero-order chi connectivity index (χ0) is 17.8. The summed E-state index contributed by atoms with van der Waals surface area (Å²) in [6.07, 6.45) is 7.87. The fourth-order valence-electron chi connectivity index (χ4n) is 1.82. The molecule has 0 aliphatic heterocycles. The Morgan fingerprint density at radius 2 is 1.85 bits per heavy atom. The van der Waals surface area contributed by atoms with Gasteiger partial charge in [0.1, 0.15) is 0 Å². The minimum Gasteiger partial charge on any atom is -1.00 e. The van der Waals surface area contributed by atoms with Crippen molar-refractivity contribution in [3.63, 3.8) is 0 Å². The van der Waals surface area contributed by atoms with Gasteiger partial charge in [-0.2, -0.15) is 29.7 Å². The molecule has 0 saturated heterocycles. The summed E-state index contributed by atoms with van der Waals surface area (Å²) in [5.74, 6) is 0.813. The number of rotatable bonds is 4. The summed E-state index contributed by atoms with van der Waals surface area (Å²) < 4.78 is 12.9. The molecule has 2 aromatic rings. The van der Waals surface area contributed by atoms with Gasteiger partial charge in [0.05, 0.1) is 0 Å². The van der Waals surface area contributed by atoms with E-state index in [1.54, 1.807) is 0 Å². The molecule has 0 fully saturated rings. The predicted octanol–water partition coefficient (Wildman–Crippen LogP) is -0.619. The monoisotopic (exact) mass is 486 g/mol. The van der Waals surface area contributed by atoms with Crippen molar-refractivity contribution < 1.29 is 58.2 Å². The van der Waals surface area contributed by atoms with Crippen LogP contribution in [0.25, 0.3) is 10.8 Å². The van der Waals surface area contributed by atoms with Crippen LogP contribution in [0.1, 0.15) is 13.3 Å². The predicted molar refractivity (Wildman–Crippen MR) is 102 cm³/mol. The van der Waals surface area contributed by atoms with Crippen molar-refractivity contribution >= 4 is 22.8 Å². The number of ether oxygens (including phenoxy) is 1. The molecule has 6 heteroatoms. The molecule has 0 unspecified atom stereocenters. The van der Waals surface area contributed by atoms with Gasteiger partial charge in [-0.3, -0.25) is 0 Å². The maximum absolute atomic E-state index is 5.51. The van der Waals surface area contributed by atoms with E-state index < -0.39 is 8.32 Å². The Kier molecular flexibility index (Phi) is 16.8. The molecule has 0 N–H and O–H groups in total. The molecule has 0 aromatic heterocycles. The number of hydrogen-bond donors (Lipinski definition) is 0. The molecule has 26 heavy (non-hydrogen) atoms. The van der Waals surface area contributed by atoms with Crippen LogP contribution in [0, 0.1) is 6.08 Å². The molecule has 0 bridgehead atoms. The number of benzene rings is 1. The van der Waals surface area contributed by atoms with Gasteiger partial charge < -0.3 is 34.0 Å². The molecular formula is C20H26Cl2O2SiZr-2. The van der Waals surface area contributed by atoms with E-state index >= 15 is 0 Å². The first-order valence-electron chi connectivity index (χ1n) is 8.06. The molecule has 2 aromatic carbocycles. The van der Waals surface area contributed by atoms with E-state index in [-0.39, 0.29) is 24.8 Å². The average Bonchev–Trinajstić information content (AvgIpc) is 3.18. The summed E-state index contributed by atoms with van der Waals surface area (Å²) in [4.78, 5) is 0. The topological polar surface area (TPSA) is 18.5 Å². The van der Waals surface area contributed by atoms with Crippen LogP contribution < -0.4 is 24.8 Å². The van der Waals surface area contributed by atoms with Gasteiger partial charge in [-0.25, -0.2) is 6.08 Å². The van der Waals surface area contributed by atoms with E-state index in [0.29, 0.717) is 6.79 Å². The van der Waals surface area contributed by atoms with Crippen molar-refractivity contribution in [3.8, 4) is 0 Å². The molecule has 3 rings (SSSR count). The number of halogens is 2. The fourth-order valence-corrected chi connectivity index (χ4v) is 2.24. The Balaban J connectivity index is 0. The molecule has 142 valence electrons. The van der Waals surface area contributed by atoms with Gasteiger partial charge in [0.2, 0.25) is 0 Å². The van der Waals surface area contributed by atoms with Gasteiger partial charge in [0.15, 0.2) is 15.1 Å². The van der Waals surface area contributed by atoms with Crippen molar-refractivity contribution in [2.75, 3.05) is 6.79 Å². The summed E-state index contributed by atoms with van der Waals surface area (Å²) in [6, 6.07) is 14.7. The zero-order valence-corrected chi connectivity index (χ0v) is 20.7. The second-order valence-electron chi connectivity index (χ2n) is 6.11. The Bertz CT molecular complexity index is 646. The largest absolute Gasteiger partial charge is 1.00 e. The summed E-state index contributed by atoms with van der Waals surface area (Å²) in [6.45, 7) is 8.82. The van der Waals surface area contributed by atoms with E-state index in [0.717, 1.165) is 12.2 Å². The van der Waals surface area contributed by atoms with Crippen LogP contribution in [-0.2, 0) is 33.4 Å². The molecule has 1 aliphatic rings. The Morgan fingerprint density at radius 1 is 1.19 bits per heavy atom. The van der Waals surface area contributed by atoms with Crippen LogP contribution in [0.15, 0.2) is 60.4 Å². The average molecular weight is 489 g/mol. The van der Waals surface area contributed by atoms with Crippen molar-refractivity contribution in [3.05, 3.63) is 66.5 Å². The van der Waals surface area contributed by atoms with Gasteiger partial charge in [-0.1, -0.05) is 6.07 Å². The van der Waals surface area contributed by atoms with Gasteiger partial charge in [-0.05, 0) is 25.4 Å². The third-order valence-corrected chi connectivity index (χ3v) is 3.90. The number of fused-ring (bicyclic) bond motifs is 1. The van der Waals surface area contributed by atoms with Crippen LogP contribution in [0.2, 0.25) is 19.6 Å². The molecule has 0 heterocycles. The van der Waals surface area contributed by atoms with Crippen LogP contribution in [0.3, 0.4) is 0 Å². The maximum atomic E-state index is 5.51. The van der Waals surface area contributed by atoms with Crippen LogP contribution in [0.4, 0.5) is 0 Å². The summed E-state index contributed by atoms with van der Waals surface area (Å²) >= 11 is 1.51. The van der Waals surface area contributed by atoms with Gasteiger partial charge in [-0.15, -0.1) is 36.1 Å². The van der Waals surface area contributed by atoms with Crippen molar-refractivity contribution in [1.29, 1.82) is 0 Å². The quantitative estimate of drug-likeness (QED) is 0.325. The van der Waals surface area contributed by atoms with Gasteiger partial charge in [0, 0.05) is 0 Å². The smallest absolute Gasteiger partial charge is 0.188 e. The Hall–Kier alpha value is -0.380. The van der Waals surface area contributed by atoms with Gasteiger partial charge >= 0.3 is 34.9 Å². The van der Waals surface area contributed by atoms with E-state index in [9.17, 15) is 0 Å². The van der Waals surface area contributed by atoms with Crippen LogP contribution in [-0.4, -0.2) is 18.8 Å². The molecule has 0 amide bonds. The third kappa shape index (κ3) is 12.9. The van der Waals surface area contributed by atoms with Crippen LogP contribution in [0.5, 0.6) is 0 Å². The molecular weight excluding hydrogens is 462 g/mol. The zero-order valence-electron chi connectivity index (χ0n) is 15.8. The third-order valence-electron chi connectivity index (χ3n) is 2.92. The van der Waals surface area contributed by atoms with E-state index in [2.05, 4.69) is 71.9 Å². The SMILES string of the molecule is C[CH]=[Zr+2].C[Si](C)(C)OCOC1=[C-]CC=C1.[Cl-].[Cl-].c1ccc2[cH-]ccc2c1. The van der Waals surface area contributed by atoms with E-state index in [4.69, 9.17) is 9.16 Å². The normalized spacial score (nSPS) is 11.7. The second kappa shape index (κ2) is 15.7.